The van der Waals surface area contributed by atoms with Crippen LogP contribution in [0.4, 0.5) is 0 Å². The van der Waals surface area contributed by atoms with Crippen molar-refractivity contribution in [2.24, 2.45) is 0 Å². The lowest BCUT2D eigenvalue weighted by atomic mass is 10.2. The van der Waals surface area contributed by atoms with Crippen LogP contribution in [0.2, 0.25) is 0 Å². The summed E-state index contributed by atoms with van der Waals surface area (Å²) in [6, 6.07) is 2.04. The third kappa shape index (κ3) is 1.98. The second-order valence-corrected chi connectivity index (χ2v) is 3.46. The second kappa shape index (κ2) is 4.27. The number of aromatic nitrogens is 5. The Bertz CT molecular complexity index is 574. The van der Waals surface area contributed by atoms with E-state index in [0.717, 1.165) is 0 Å². The Morgan fingerprint density at radius 2 is 2.00 bits per heavy atom. The molecule has 0 bridgehead atoms. The summed E-state index contributed by atoms with van der Waals surface area (Å²) in [6.45, 7) is 3.27. The Kier molecular flexibility index (Phi) is 2.80. The molecular weight excluding hydrogens is 220 g/mol. The first-order chi connectivity index (χ1) is 8.15. The minimum Gasteiger partial charge on any atom is -0.390 e. The van der Waals surface area contributed by atoms with Gasteiger partial charge in [-0.3, -0.25) is 0 Å². The summed E-state index contributed by atoms with van der Waals surface area (Å²) in [7, 11) is 0. The molecule has 0 fully saturated rings. The van der Waals surface area contributed by atoms with Crippen LogP contribution in [0.5, 0.6) is 0 Å². The monoisotopic (exact) mass is 230 g/mol. The first-order valence-corrected chi connectivity index (χ1v) is 4.93. The zero-order chi connectivity index (χ0) is 12.4. The molecule has 0 aliphatic rings. The van der Waals surface area contributed by atoms with Gasteiger partial charge in [0, 0.05) is 0 Å². The molecule has 0 aliphatic heterocycles. The second-order valence-electron chi connectivity index (χ2n) is 3.46. The lowest BCUT2D eigenvalue weighted by Gasteiger charge is -2.03. The molecule has 0 atom stereocenters. The third-order valence-electron chi connectivity index (χ3n) is 2.25. The maximum Gasteiger partial charge on any atom is 0.269 e. The molecule has 2 aromatic heterocycles. The van der Waals surface area contributed by atoms with Crippen molar-refractivity contribution < 1.29 is 5.11 Å². The van der Waals surface area contributed by atoms with Crippen LogP contribution in [0.15, 0.2) is 6.20 Å². The van der Waals surface area contributed by atoms with E-state index in [9.17, 15) is 0 Å². The zero-order valence-corrected chi connectivity index (χ0v) is 9.41. The predicted molar refractivity (Wildman–Crippen MR) is 57.1 cm³/mol. The van der Waals surface area contributed by atoms with Gasteiger partial charge in [0.2, 0.25) is 0 Å². The van der Waals surface area contributed by atoms with Crippen LogP contribution in [0.3, 0.4) is 0 Å². The molecule has 17 heavy (non-hydrogen) atoms. The number of aliphatic hydroxyl groups is 1. The number of nitrogens with zero attached hydrogens (tertiary/aromatic N) is 6. The lowest BCUT2D eigenvalue weighted by molar-refractivity contribution is 0.276. The molecule has 7 heteroatoms. The van der Waals surface area contributed by atoms with Gasteiger partial charge >= 0.3 is 0 Å². The zero-order valence-electron chi connectivity index (χ0n) is 9.41. The van der Waals surface area contributed by atoms with E-state index in [-0.39, 0.29) is 6.61 Å². The van der Waals surface area contributed by atoms with Crippen LogP contribution >= 0.6 is 0 Å². The SMILES string of the molecule is Cc1nc(-n2ncc(CO)n2)nc(C)c1C#N. The van der Waals surface area contributed by atoms with E-state index in [1.165, 1.54) is 11.0 Å². The van der Waals surface area contributed by atoms with E-state index >= 15 is 0 Å². The van der Waals surface area contributed by atoms with Gasteiger partial charge in [-0.05, 0) is 13.8 Å². The number of aryl methyl sites for hydroxylation is 2. The van der Waals surface area contributed by atoms with E-state index < -0.39 is 0 Å². The van der Waals surface area contributed by atoms with Crippen molar-refractivity contribution in [2.75, 3.05) is 0 Å². The Balaban J connectivity index is 2.51. The van der Waals surface area contributed by atoms with E-state index in [4.69, 9.17) is 10.4 Å². The van der Waals surface area contributed by atoms with E-state index in [0.29, 0.717) is 28.6 Å². The number of aliphatic hydroxyl groups excluding tert-OH is 1. The highest BCUT2D eigenvalue weighted by Gasteiger charge is 2.11. The minimum atomic E-state index is -0.186. The first kappa shape index (κ1) is 11.2. The maximum atomic E-state index is 8.90. The smallest absolute Gasteiger partial charge is 0.269 e. The van der Waals surface area contributed by atoms with Crippen molar-refractivity contribution in [3.63, 3.8) is 0 Å². The molecular formula is C10H10N6O. The normalized spacial score (nSPS) is 10.2. The molecule has 0 aromatic carbocycles. The van der Waals surface area contributed by atoms with Gasteiger partial charge in [0.15, 0.2) is 0 Å². The largest absolute Gasteiger partial charge is 0.390 e. The van der Waals surface area contributed by atoms with Crippen molar-refractivity contribution in [3.05, 3.63) is 28.8 Å². The van der Waals surface area contributed by atoms with Crippen molar-refractivity contribution >= 4 is 0 Å². The molecule has 0 aliphatic carbocycles. The van der Waals surface area contributed by atoms with Crippen molar-refractivity contribution in [1.29, 1.82) is 5.26 Å². The van der Waals surface area contributed by atoms with E-state index in [2.05, 4.69) is 20.2 Å². The van der Waals surface area contributed by atoms with Gasteiger partial charge in [0.05, 0.1) is 29.8 Å². The molecule has 0 saturated carbocycles. The number of rotatable bonds is 2. The molecule has 0 spiro atoms. The van der Waals surface area contributed by atoms with Gasteiger partial charge in [0.25, 0.3) is 5.95 Å². The van der Waals surface area contributed by atoms with Gasteiger partial charge in [-0.1, -0.05) is 0 Å². The number of hydrogen-bond donors (Lipinski definition) is 1. The minimum absolute atomic E-state index is 0.186. The van der Waals surface area contributed by atoms with Crippen LogP contribution in [0.1, 0.15) is 22.6 Å². The topological polar surface area (TPSA) is 101 Å². The summed E-state index contributed by atoms with van der Waals surface area (Å²) in [6.07, 6.45) is 1.44. The fourth-order valence-electron chi connectivity index (χ4n) is 1.41. The molecule has 0 amide bonds. The number of hydrogen-bond acceptors (Lipinski definition) is 6. The molecule has 86 valence electrons. The van der Waals surface area contributed by atoms with Crippen molar-refractivity contribution in [1.82, 2.24) is 25.0 Å². The standard InChI is InChI=1S/C10H10N6O/c1-6-9(3-11)7(2)14-10(13-6)16-12-4-8(5-17)15-16/h4,17H,5H2,1-2H3. The van der Waals surface area contributed by atoms with Crippen LogP contribution in [0, 0.1) is 25.2 Å². The Morgan fingerprint density at radius 3 is 2.47 bits per heavy atom. The lowest BCUT2D eigenvalue weighted by Crippen LogP contribution is -2.09. The molecule has 7 nitrogen and oxygen atoms in total. The molecule has 1 N–H and O–H groups in total. The summed E-state index contributed by atoms with van der Waals surface area (Å²) in [4.78, 5) is 9.52. The molecule has 0 radical (unpaired) electrons. The maximum absolute atomic E-state index is 8.90. The molecule has 2 heterocycles. The molecule has 2 rings (SSSR count). The summed E-state index contributed by atoms with van der Waals surface area (Å²) < 4.78 is 0. The first-order valence-electron chi connectivity index (χ1n) is 4.93. The highest BCUT2D eigenvalue weighted by Crippen LogP contribution is 2.10. The van der Waals surface area contributed by atoms with E-state index in [1.54, 1.807) is 13.8 Å². The molecule has 0 saturated heterocycles. The highest BCUT2D eigenvalue weighted by molar-refractivity contribution is 5.37. The Morgan fingerprint density at radius 1 is 1.35 bits per heavy atom. The summed E-state index contributed by atoms with van der Waals surface area (Å²) >= 11 is 0. The Labute approximate surface area is 97.4 Å². The molecule has 2 aromatic rings. The third-order valence-corrected chi connectivity index (χ3v) is 2.25. The van der Waals surface area contributed by atoms with Crippen molar-refractivity contribution in [2.45, 2.75) is 20.5 Å². The average Bonchev–Trinajstić information content (AvgIpc) is 2.77. The quantitative estimate of drug-likeness (QED) is 0.781. The van der Waals surface area contributed by atoms with Gasteiger partial charge in [-0.2, -0.15) is 10.4 Å². The average molecular weight is 230 g/mol. The van der Waals surface area contributed by atoms with Crippen LogP contribution in [0.25, 0.3) is 5.95 Å². The fourth-order valence-corrected chi connectivity index (χ4v) is 1.41. The van der Waals surface area contributed by atoms with Crippen molar-refractivity contribution in [3.8, 4) is 12.0 Å². The van der Waals surface area contributed by atoms with Gasteiger partial charge in [-0.25, -0.2) is 9.97 Å². The summed E-state index contributed by atoms with van der Waals surface area (Å²) in [5.41, 5.74) is 2.06. The van der Waals surface area contributed by atoms with E-state index in [1.807, 2.05) is 6.07 Å². The highest BCUT2D eigenvalue weighted by atomic mass is 16.3. The van der Waals surface area contributed by atoms with Crippen LogP contribution in [-0.4, -0.2) is 30.1 Å². The summed E-state index contributed by atoms with van der Waals surface area (Å²) in [5, 5.41) is 25.7. The van der Waals surface area contributed by atoms with Crippen LogP contribution in [-0.2, 0) is 6.61 Å². The van der Waals surface area contributed by atoms with Gasteiger partial charge in [-0.15, -0.1) is 9.90 Å². The predicted octanol–water partition coefficient (Wildman–Crippen LogP) is 0.0381. The van der Waals surface area contributed by atoms with Gasteiger partial charge in [0.1, 0.15) is 11.8 Å². The molecule has 0 unspecified atom stereocenters. The number of nitriles is 1. The van der Waals surface area contributed by atoms with Gasteiger partial charge < -0.3 is 5.11 Å². The fraction of sp³-hybridized carbons (Fsp3) is 0.300. The summed E-state index contributed by atoms with van der Waals surface area (Å²) in [5.74, 6) is 0.290. The van der Waals surface area contributed by atoms with Crippen LogP contribution < -0.4 is 0 Å². The Hall–Kier alpha value is -2.33.